The van der Waals surface area contributed by atoms with E-state index in [9.17, 15) is 22.8 Å². The van der Waals surface area contributed by atoms with Gasteiger partial charge in [0.2, 0.25) is 5.91 Å². The molecular weight excluding hydrogens is 279 g/mol. The van der Waals surface area contributed by atoms with Crippen LogP contribution >= 0.6 is 0 Å². The van der Waals surface area contributed by atoms with Crippen molar-refractivity contribution in [2.75, 3.05) is 0 Å². The molecule has 0 bridgehead atoms. The highest BCUT2D eigenvalue weighted by Gasteiger charge is 2.31. The predicted molar refractivity (Wildman–Crippen MR) is 62.1 cm³/mol. The van der Waals surface area contributed by atoms with Crippen LogP contribution in [-0.4, -0.2) is 29.4 Å². The summed E-state index contributed by atoms with van der Waals surface area (Å²) in [5, 5.41) is 11.1. The summed E-state index contributed by atoms with van der Waals surface area (Å²) in [6.45, 7) is 1.18. The zero-order chi connectivity index (χ0) is 15.3. The van der Waals surface area contributed by atoms with Gasteiger partial charge < -0.3 is 15.2 Å². The molecule has 0 heterocycles. The van der Waals surface area contributed by atoms with Gasteiger partial charge in [0.05, 0.1) is 0 Å². The van der Waals surface area contributed by atoms with E-state index in [1.54, 1.807) is 0 Å². The zero-order valence-electron chi connectivity index (χ0n) is 10.4. The van der Waals surface area contributed by atoms with E-state index in [0.29, 0.717) is 5.56 Å². The van der Waals surface area contributed by atoms with Gasteiger partial charge in [-0.15, -0.1) is 13.2 Å². The minimum Gasteiger partial charge on any atom is -0.480 e. The second kappa shape index (κ2) is 6.27. The summed E-state index contributed by atoms with van der Waals surface area (Å²) in [6, 6.07) is 3.63. The molecule has 110 valence electrons. The third-order valence-electron chi connectivity index (χ3n) is 2.27. The van der Waals surface area contributed by atoms with Crippen molar-refractivity contribution >= 4 is 11.9 Å². The van der Waals surface area contributed by atoms with Crippen LogP contribution in [0.4, 0.5) is 13.2 Å². The van der Waals surface area contributed by atoms with Crippen LogP contribution in [0, 0.1) is 0 Å². The predicted octanol–water partition coefficient (Wildman–Crippen LogP) is 1.72. The number of amides is 1. The van der Waals surface area contributed by atoms with Crippen LogP contribution in [0.25, 0.3) is 0 Å². The Morgan fingerprint density at radius 2 is 1.85 bits per heavy atom. The first-order valence-electron chi connectivity index (χ1n) is 5.52. The number of ether oxygens (including phenoxy) is 1. The molecule has 0 saturated heterocycles. The van der Waals surface area contributed by atoms with Crippen molar-refractivity contribution in [3.05, 3.63) is 29.8 Å². The third kappa shape index (κ3) is 5.59. The van der Waals surface area contributed by atoms with Crippen molar-refractivity contribution in [3.63, 3.8) is 0 Å². The van der Waals surface area contributed by atoms with Crippen molar-refractivity contribution in [2.24, 2.45) is 0 Å². The summed E-state index contributed by atoms with van der Waals surface area (Å²) >= 11 is 0. The highest BCUT2D eigenvalue weighted by atomic mass is 19.4. The maximum absolute atomic E-state index is 12.0. The van der Waals surface area contributed by atoms with Gasteiger partial charge in [0.25, 0.3) is 0 Å². The number of hydrogen-bond acceptors (Lipinski definition) is 3. The van der Waals surface area contributed by atoms with E-state index in [1.807, 2.05) is 0 Å². The van der Waals surface area contributed by atoms with E-state index in [-0.39, 0.29) is 6.42 Å². The molecule has 0 radical (unpaired) electrons. The lowest BCUT2D eigenvalue weighted by atomic mass is 10.1. The maximum atomic E-state index is 12.0. The van der Waals surface area contributed by atoms with Crippen LogP contribution in [0.15, 0.2) is 24.3 Å². The fraction of sp³-hybridized carbons (Fsp3) is 0.333. The number of rotatable bonds is 5. The second-order valence-electron chi connectivity index (χ2n) is 3.99. The molecule has 1 atom stereocenters. The molecule has 1 rings (SSSR count). The normalized spacial score (nSPS) is 12.6. The number of carbonyl (C=O) groups excluding carboxylic acids is 1. The second-order valence-corrected chi connectivity index (χ2v) is 3.99. The molecule has 8 heteroatoms. The van der Waals surface area contributed by atoms with E-state index in [0.717, 1.165) is 12.1 Å². The standard InChI is InChI=1S/C12H12F3NO4/c1-7(17)16-10(11(18)19)6-8-2-4-9(5-3-8)20-12(13,14)15/h2-5,10H,6H2,1H3,(H,16,17)(H,18,19)/t10-/m1/s1. The van der Waals surface area contributed by atoms with E-state index < -0.39 is 30.0 Å². The van der Waals surface area contributed by atoms with Crippen molar-refractivity contribution < 1.29 is 32.6 Å². The van der Waals surface area contributed by atoms with Gasteiger partial charge in [-0.2, -0.15) is 0 Å². The lowest BCUT2D eigenvalue weighted by molar-refractivity contribution is -0.274. The van der Waals surface area contributed by atoms with Gasteiger partial charge in [0.15, 0.2) is 0 Å². The van der Waals surface area contributed by atoms with Crippen LogP contribution in [0.5, 0.6) is 5.75 Å². The Morgan fingerprint density at radius 1 is 1.30 bits per heavy atom. The van der Waals surface area contributed by atoms with Gasteiger partial charge in [-0.05, 0) is 17.7 Å². The fourth-order valence-corrected chi connectivity index (χ4v) is 1.51. The lowest BCUT2D eigenvalue weighted by Crippen LogP contribution is -2.41. The summed E-state index contributed by atoms with van der Waals surface area (Å²) in [5.74, 6) is -2.13. The number of benzene rings is 1. The molecule has 0 aliphatic rings. The van der Waals surface area contributed by atoms with E-state index in [4.69, 9.17) is 5.11 Å². The first-order valence-corrected chi connectivity index (χ1v) is 5.52. The Kier molecular flexibility index (Phi) is 4.95. The zero-order valence-corrected chi connectivity index (χ0v) is 10.4. The molecule has 1 aromatic rings. The Bertz CT molecular complexity index is 484. The van der Waals surface area contributed by atoms with Crippen molar-refractivity contribution in [2.45, 2.75) is 25.7 Å². The molecule has 1 aromatic carbocycles. The number of nitrogens with one attached hydrogen (secondary N) is 1. The Labute approximate surface area is 112 Å². The first-order chi connectivity index (χ1) is 9.17. The molecule has 20 heavy (non-hydrogen) atoms. The minimum atomic E-state index is -4.78. The molecule has 0 saturated carbocycles. The average Bonchev–Trinajstić information content (AvgIpc) is 2.28. The smallest absolute Gasteiger partial charge is 0.480 e. The summed E-state index contributed by atoms with van der Waals surface area (Å²) in [4.78, 5) is 21.7. The summed E-state index contributed by atoms with van der Waals surface area (Å²) in [6.07, 6.45) is -4.82. The number of alkyl halides is 3. The molecule has 0 aromatic heterocycles. The number of hydrogen-bond donors (Lipinski definition) is 2. The highest BCUT2D eigenvalue weighted by molar-refractivity contribution is 5.82. The number of carboxylic acid groups (broad SMARTS) is 1. The largest absolute Gasteiger partial charge is 0.573 e. The third-order valence-corrected chi connectivity index (χ3v) is 2.27. The van der Waals surface area contributed by atoms with E-state index in [2.05, 4.69) is 10.1 Å². The topological polar surface area (TPSA) is 75.6 Å². The molecule has 5 nitrogen and oxygen atoms in total. The van der Waals surface area contributed by atoms with Crippen molar-refractivity contribution in [1.29, 1.82) is 0 Å². The molecule has 1 amide bonds. The van der Waals surface area contributed by atoms with E-state index in [1.165, 1.54) is 19.1 Å². The molecular formula is C12H12F3NO4. The van der Waals surface area contributed by atoms with Gasteiger partial charge in [0.1, 0.15) is 11.8 Å². The van der Waals surface area contributed by atoms with Gasteiger partial charge in [-0.3, -0.25) is 4.79 Å². The van der Waals surface area contributed by atoms with Gasteiger partial charge in [0, 0.05) is 13.3 Å². The SMILES string of the molecule is CC(=O)N[C@H](Cc1ccc(OC(F)(F)F)cc1)C(=O)O. The Hall–Kier alpha value is -2.25. The monoisotopic (exact) mass is 291 g/mol. The lowest BCUT2D eigenvalue weighted by Gasteiger charge is -2.14. The van der Waals surface area contributed by atoms with Crippen LogP contribution < -0.4 is 10.1 Å². The molecule has 0 aliphatic carbocycles. The van der Waals surface area contributed by atoms with Gasteiger partial charge >= 0.3 is 12.3 Å². The molecule has 2 N–H and O–H groups in total. The Morgan fingerprint density at radius 3 is 2.25 bits per heavy atom. The first kappa shape index (κ1) is 15.8. The van der Waals surface area contributed by atoms with Crippen LogP contribution in [-0.2, 0) is 16.0 Å². The number of carboxylic acids is 1. The molecule has 0 spiro atoms. The molecule has 0 unspecified atom stereocenters. The van der Waals surface area contributed by atoms with Gasteiger partial charge in [-0.25, -0.2) is 4.79 Å². The number of halogens is 3. The quantitative estimate of drug-likeness (QED) is 0.866. The fourth-order valence-electron chi connectivity index (χ4n) is 1.51. The minimum absolute atomic E-state index is 0.0405. The van der Waals surface area contributed by atoms with E-state index >= 15 is 0 Å². The van der Waals surface area contributed by atoms with Crippen LogP contribution in [0.2, 0.25) is 0 Å². The van der Waals surface area contributed by atoms with Crippen LogP contribution in [0.1, 0.15) is 12.5 Å². The van der Waals surface area contributed by atoms with Crippen molar-refractivity contribution in [1.82, 2.24) is 5.32 Å². The summed E-state index contributed by atoms with van der Waals surface area (Å²) in [5.41, 5.74) is 0.459. The summed E-state index contributed by atoms with van der Waals surface area (Å²) in [7, 11) is 0. The number of aliphatic carboxylic acids is 1. The van der Waals surface area contributed by atoms with Crippen molar-refractivity contribution in [3.8, 4) is 5.75 Å². The van der Waals surface area contributed by atoms with Gasteiger partial charge in [-0.1, -0.05) is 12.1 Å². The highest BCUT2D eigenvalue weighted by Crippen LogP contribution is 2.23. The maximum Gasteiger partial charge on any atom is 0.573 e. The Balaban J connectivity index is 2.72. The molecule has 0 fully saturated rings. The average molecular weight is 291 g/mol. The summed E-state index contributed by atoms with van der Waals surface area (Å²) < 4.78 is 39.5. The molecule has 0 aliphatic heterocycles. The van der Waals surface area contributed by atoms with Crippen LogP contribution in [0.3, 0.4) is 0 Å². The number of carbonyl (C=O) groups is 2.